The Hall–Kier alpha value is -2.63. The summed E-state index contributed by atoms with van der Waals surface area (Å²) < 4.78 is 5.10. The van der Waals surface area contributed by atoms with Crippen LogP contribution in [0.3, 0.4) is 0 Å². The number of urea groups is 1. The van der Waals surface area contributed by atoms with Crippen molar-refractivity contribution in [3.8, 4) is 0 Å². The maximum absolute atomic E-state index is 12.2. The van der Waals surface area contributed by atoms with Crippen molar-refractivity contribution in [3.05, 3.63) is 41.9 Å². The van der Waals surface area contributed by atoms with E-state index in [1.165, 1.54) is 12.3 Å². The molecule has 0 aliphatic carbocycles. The van der Waals surface area contributed by atoms with Crippen LogP contribution in [0.15, 0.2) is 40.5 Å². The van der Waals surface area contributed by atoms with Gasteiger partial charge in [0.2, 0.25) is 0 Å². The summed E-state index contributed by atoms with van der Waals surface area (Å²) in [6, 6.07) is 2.82. The highest BCUT2D eigenvalue weighted by molar-refractivity contribution is 6.28. The fourth-order valence-corrected chi connectivity index (χ4v) is 1.86. The summed E-state index contributed by atoms with van der Waals surface area (Å²) in [5.74, 6) is -0.641. The van der Waals surface area contributed by atoms with Gasteiger partial charge in [-0.2, -0.15) is 0 Å². The predicted octanol–water partition coefficient (Wildman–Crippen LogP) is 2.10. The largest absolute Gasteiger partial charge is 0.465 e. The average molecular weight is 288 g/mol. The van der Waals surface area contributed by atoms with Gasteiger partial charge in [-0.1, -0.05) is 19.4 Å². The smallest absolute Gasteiger partial charge is 0.331 e. The number of hydrogen-bond acceptors (Lipinski definition) is 4. The zero-order valence-electron chi connectivity index (χ0n) is 11.7. The molecule has 1 N–H and O–H groups in total. The quantitative estimate of drug-likeness (QED) is 0.664. The van der Waals surface area contributed by atoms with Crippen molar-refractivity contribution in [2.75, 3.05) is 6.54 Å². The summed E-state index contributed by atoms with van der Waals surface area (Å²) in [4.78, 5) is 36.6. The molecule has 1 aromatic rings. The van der Waals surface area contributed by atoms with E-state index in [1.807, 2.05) is 6.92 Å². The Kier molecular flexibility index (Phi) is 4.71. The number of carbonyl (C=O) groups excluding carboxylic acids is 3. The number of allylic oxidation sites excluding steroid dienone is 2. The van der Waals surface area contributed by atoms with Gasteiger partial charge in [-0.3, -0.25) is 19.8 Å². The van der Waals surface area contributed by atoms with Gasteiger partial charge < -0.3 is 4.42 Å². The van der Waals surface area contributed by atoms with Gasteiger partial charge in [0.15, 0.2) is 0 Å². The van der Waals surface area contributed by atoms with Crippen molar-refractivity contribution < 1.29 is 18.8 Å². The fraction of sp³-hybridized carbons (Fsp3) is 0.267. The van der Waals surface area contributed by atoms with Crippen molar-refractivity contribution >= 4 is 23.9 Å². The van der Waals surface area contributed by atoms with Gasteiger partial charge in [-0.25, -0.2) is 4.79 Å². The summed E-state index contributed by atoms with van der Waals surface area (Å²) in [5.41, 5.74) is -0.0616. The second-order valence-electron chi connectivity index (χ2n) is 4.52. The molecule has 1 fully saturated rings. The Bertz CT molecular complexity index is 599. The summed E-state index contributed by atoms with van der Waals surface area (Å²) in [6.45, 7) is 2.26. The van der Waals surface area contributed by atoms with Crippen LogP contribution in [0.1, 0.15) is 25.5 Å². The van der Waals surface area contributed by atoms with Crippen molar-refractivity contribution in [1.29, 1.82) is 0 Å². The lowest BCUT2D eigenvalue weighted by molar-refractivity contribution is -0.130. The molecule has 0 aromatic carbocycles. The van der Waals surface area contributed by atoms with Crippen LogP contribution in [0.2, 0.25) is 0 Å². The van der Waals surface area contributed by atoms with Crippen molar-refractivity contribution in [2.24, 2.45) is 0 Å². The maximum Gasteiger partial charge on any atom is 0.331 e. The topological polar surface area (TPSA) is 79.6 Å². The molecule has 0 spiro atoms. The number of unbranched alkanes of at least 4 members (excludes halogenated alkanes) is 1. The minimum Gasteiger partial charge on any atom is -0.465 e. The second-order valence-corrected chi connectivity index (χ2v) is 4.52. The minimum absolute atomic E-state index is 0.0616. The molecule has 2 heterocycles. The Labute approximate surface area is 122 Å². The number of nitrogens with zero attached hydrogens (tertiary/aromatic N) is 1. The lowest BCUT2D eigenvalue weighted by Crippen LogP contribution is -2.54. The Balaban J connectivity index is 2.15. The molecule has 1 aliphatic rings. The molecule has 0 unspecified atom stereocenters. The second kappa shape index (κ2) is 6.69. The third kappa shape index (κ3) is 3.47. The van der Waals surface area contributed by atoms with E-state index in [9.17, 15) is 14.4 Å². The summed E-state index contributed by atoms with van der Waals surface area (Å²) in [7, 11) is 0. The Morgan fingerprint density at radius 1 is 1.33 bits per heavy atom. The number of carbonyl (C=O) groups is 3. The van der Waals surface area contributed by atoms with E-state index in [1.54, 1.807) is 24.3 Å². The molecule has 6 nitrogen and oxygen atoms in total. The molecule has 0 saturated carbocycles. The van der Waals surface area contributed by atoms with Crippen LogP contribution < -0.4 is 5.32 Å². The molecule has 4 amide bonds. The number of hydrogen-bond donors (Lipinski definition) is 1. The molecule has 0 radical (unpaired) electrons. The van der Waals surface area contributed by atoms with E-state index in [0.717, 1.165) is 11.3 Å². The zero-order valence-corrected chi connectivity index (χ0v) is 11.7. The number of nitrogens with one attached hydrogen (secondary N) is 1. The van der Waals surface area contributed by atoms with Crippen molar-refractivity contribution in [2.45, 2.75) is 19.8 Å². The van der Waals surface area contributed by atoms with Crippen LogP contribution >= 0.6 is 0 Å². The average Bonchev–Trinajstić information content (AvgIpc) is 2.95. The fourth-order valence-electron chi connectivity index (χ4n) is 1.86. The van der Waals surface area contributed by atoms with Crippen LogP contribution in [-0.2, 0) is 9.59 Å². The molecule has 110 valence electrons. The Morgan fingerprint density at radius 3 is 2.81 bits per heavy atom. The van der Waals surface area contributed by atoms with Gasteiger partial charge in [0.05, 0.1) is 6.26 Å². The van der Waals surface area contributed by atoms with E-state index in [2.05, 4.69) is 5.32 Å². The van der Waals surface area contributed by atoms with Gasteiger partial charge in [0.1, 0.15) is 11.3 Å². The minimum atomic E-state index is -0.679. The molecule has 0 atom stereocenters. The molecule has 21 heavy (non-hydrogen) atoms. The lowest BCUT2D eigenvalue weighted by Gasteiger charge is -2.25. The molecule has 1 aromatic heterocycles. The predicted molar refractivity (Wildman–Crippen MR) is 76.0 cm³/mol. The highest BCUT2D eigenvalue weighted by atomic mass is 16.3. The molecule has 1 aliphatic heterocycles. The first kappa shape index (κ1) is 14.8. The van der Waals surface area contributed by atoms with Crippen LogP contribution in [-0.4, -0.2) is 29.3 Å². The number of amides is 4. The van der Waals surface area contributed by atoms with E-state index >= 15 is 0 Å². The van der Waals surface area contributed by atoms with Gasteiger partial charge >= 0.3 is 6.03 Å². The number of barbiturate groups is 1. The molecule has 2 rings (SSSR count). The third-order valence-electron chi connectivity index (χ3n) is 2.99. The normalized spacial score (nSPS) is 17.9. The molecular formula is C15H16N2O4. The highest BCUT2D eigenvalue weighted by Crippen LogP contribution is 2.12. The zero-order chi connectivity index (χ0) is 15.2. The SMILES string of the molecule is CCCCN1C(=O)NC(=O)/C(=C/C=C/c2ccco2)C1=O. The standard InChI is InChI=1S/C15H16N2O4/c1-2-3-9-17-14(19)12(13(18)16-15(17)20)8-4-6-11-7-5-10-21-11/h4-8,10H,2-3,9H2,1H3,(H,16,18,20)/b6-4+,12-8-. The third-order valence-corrected chi connectivity index (χ3v) is 2.99. The van der Waals surface area contributed by atoms with Crippen LogP contribution in [0.25, 0.3) is 6.08 Å². The number of furan rings is 1. The summed E-state index contributed by atoms with van der Waals surface area (Å²) in [5, 5.41) is 2.16. The van der Waals surface area contributed by atoms with Crippen LogP contribution in [0.5, 0.6) is 0 Å². The van der Waals surface area contributed by atoms with E-state index in [0.29, 0.717) is 18.7 Å². The van der Waals surface area contributed by atoms with E-state index < -0.39 is 17.8 Å². The van der Waals surface area contributed by atoms with Gasteiger partial charge in [0.25, 0.3) is 11.8 Å². The van der Waals surface area contributed by atoms with Gasteiger partial charge in [-0.15, -0.1) is 0 Å². The van der Waals surface area contributed by atoms with E-state index in [4.69, 9.17) is 4.42 Å². The lowest BCUT2D eigenvalue weighted by atomic mass is 10.1. The summed E-state index contributed by atoms with van der Waals surface area (Å²) >= 11 is 0. The molecule has 1 saturated heterocycles. The first-order valence-electron chi connectivity index (χ1n) is 6.72. The first-order chi connectivity index (χ1) is 10.1. The molecule has 0 bridgehead atoms. The number of rotatable bonds is 5. The number of imide groups is 2. The van der Waals surface area contributed by atoms with Crippen molar-refractivity contribution in [1.82, 2.24) is 10.2 Å². The molecule has 6 heteroatoms. The van der Waals surface area contributed by atoms with Crippen molar-refractivity contribution in [3.63, 3.8) is 0 Å². The molecular weight excluding hydrogens is 272 g/mol. The summed E-state index contributed by atoms with van der Waals surface area (Å²) in [6.07, 6.45) is 7.62. The van der Waals surface area contributed by atoms with Gasteiger partial charge in [0, 0.05) is 6.54 Å². The first-order valence-corrected chi connectivity index (χ1v) is 6.72. The van der Waals surface area contributed by atoms with Gasteiger partial charge in [-0.05, 0) is 30.7 Å². The Morgan fingerprint density at radius 2 is 2.14 bits per heavy atom. The maximum atomic E-state index is 12.2. The van der Waals surface area contributed by atoms with Crippen LogP contribution in [0.4, 0.5) is 4.79 Å². The highest BCUT2D eigenvalue weighted by Gasteiger charge is 2.34. The van der Waals surface area contributed by atoms with E-state index in [-0.39, 0.29) is 5.57 Å². The van der Waals surface area contributed by atoms with Crippen LogP contribution in [0, 0.1) is 0 Å². The monoisotopic (exact) mass is 288 g/mol.